The number of carboxylic acids is 1. The smallest absolute Gasteiger partial charge is 0.378 e. The van der Waals surface area contributed by atoms with Gasteiger partial charge in [-0.25, -0.2) is 4.79 Å². The maximum absolute atomic E-state index is 12.7. The zero-order valence-electron chi connectivity index (χ0n) is 7.95. The molecule has 3 nitrogen and oxygen atoms in total. The lowest BCUT2D eigenvalue weighted by Crippen LogP contribution is -2.21. The summed E-state index contributed by atoms with van der Waals surface area (Å²) in [5.74, 6) is -1.37. The van der Waals surface area contributed by atoms with Crippen LogP contribution in [0.15, 0.2) is 18.2 Å². The number of hydrogen-bond acceptors (Lipinski definition) is 2. The van der Waals surface area contributed by atoms with Crippen molar-refractivity contribution in [3.63, 3.8) is 0 Å². The molecule has 0 heterocycles. The highest BCUT2D eigenvalue weighted by Crippen LogP contribution is 2.20. The summed E-state index contributed by atoms with van der Waals surface area (Å²) in [6.45, 7) is 3.62. The van der Waals surface area contributed by atoms with Gasteiger partial charge in [0.15, 0.2) is 0 Å². The van der Waals surface area contributed by atoms with Gasteiger partial charge in [-0.1, -0.05) is 17.7 Å². The Hall–Kier alpha value is -1.58. The monoisotopic (exact) mass is 198 g/mol. The molecule has 1 atom stereocenters. The van der Waals surface area contributed by atoms with Crippen molar-refractivity contribution in [2.24, 2.45) is 0 Å². The first-order valence-electron chi connectivity index (χ1n) is 4.11. The summed E-state index contributed by atoms with van der Waals surface area (Å²) >= 11 is 0. The van der Waals surface area contributed by atoms with Crippen LogP contribution in [0.3, 0.4) is 0 Å². The van der Waals surface area contributed by atoms with Crippen molar-refractivity contribution in [2.45, 2.75) is 20.2 Å². The quantitative estimate of drug-likeness (QED) is 0.808. The first kappa shape index (κ1) is 10.5. The van der Waals surface area contributed by atoms with E-state index in [2.05, 4.69) is 4.74 Å². The van der Waals surface area contributed by atoms with Crippen molar-refractivity contribution >= 4 is 5.97 Å². The number of benzene rings is 1. The fourth-order valence-corrected chi connectivity index (χ4v) is 1.09. The zero-order chi connectivity index (χ0) is 10.7. The molecule has 0 aliphatic rings. The van der Waals surface area contributed by atoms with E-state index in [1.807, 2.05) is 6.92 Å². The Morgan fingerprint density at radius 3 is 2.64 bits per heavy atom. The van der Waals surface area contributed by atoms with E-state index in [1.54, 1.807) is 25.1 Å². The highest BCUT2D eigenvalue weighted by atomic mass is 19.1. The van der Waals surface area contributed by atoms with Gasteiger partial charge in [0.05, 0.1) is 0 Å². The fourth-order valence-electron chi connectivity index (χ4n) is 1.09. The summed E-state index contributed by atoms with van der Waals surface area (Å²) in [6.07, 6.45) is -2.31. The van der Waals surface area contributed by atoms with E-state index in [0.717, 1.165) is 5.56 Å². The van der Waals surface area contributed by atoms with Gasteiger partial charge in [-0.2, -0.15) is 4.39 Å². The average molecular weight is 198 g/mol. The van der Waals surface area contributed by atoms with E-state index in [0.29, 0.717) is 5.56 Å². The third kappa shape index (κ3) is 2.45. The van der Waals surface area contributed by atoms with Gasteiger partial charge in [0, 0.05) is 0 Å². The zero-order valence-corrected chi connectivity index (χ0v) is 7.95. The molecule has 1 aromatic carbocycles. The van der Waals surface area contributed by atoms with Crippen LogP contribution in [-0.4, -0.2) is 17.4 Å². The minimum absolute atomic E-state index is 0.255. The Morgan fingerprint density at radius 2 is 2.14 bits per heavy atom. The van der Waals surface area contributed by atoms with Crippen LogP contribution in [0, 0.1) is 13.8 Å². The van der Waals surface area contributed by atoms with E-state index in [1.165, 1.54) is 0 Å². The number of aliphatic carboxylic acids is 1. The summed E-state index contributed by atoms with van der Waals surface area (Å²) in [5, 5.41) is 8.29. The molecule has 0 aliphatic carbocycles. The van der Waals surface area contributed by atoms with Gasteiger partial charge in [0.2, 0.25) is 0 Å². The summed E-state index contributed by atoms with van der Waals surface area (Å²) < 4.78 is 17.3. The molecule has 1 N–H and O–H groups in total. The highest BCUT2D eigenvalue weighted by molar-refractivity contribution is 5.71. The Balaban J connectivity index is 2.82. The first-order valence-corrected chi connectivity index (χ1v) is 4.11. The lowest BCUT2D eigenvalue weighted by Gasteiger charge is -2.10. The first-order chi connectivity index (χ1) is 6.50. The van der Waals surface area contributed by atoms with Gasteiger partial charge in [-0.3, -0.25) is 0 Å². The number of alkyl halides is 1. The van der Waals surface area contributed by atoms with Crippen molar-refractivity contribution in [1.29, 1.82) is 0 Å². The van der Waals surface area contributed by atoms with Gasteiger partial charge in [0.25, 0.3) is 0 Å². The molecule has 0 radical (unpaired) electrons. The molecule has 0 aromatic heterocycles. The molecule has 76 valence electrons. The molecular formula is C10H11FO3. The average Bonchev–Trinajstić information content (AvgIpc) is 2.09. The van der Waals surface area contributed by atoms with Crippen LogP contribution in [0.5, 0.6) is 5.75 Å². The SMILES string of the molecule is Cc1ccc(OC(F)C(=O)O)c(C)c1. The lowest BCUT2D eigenvalue weighted by molar-refractivity contribution is -0.153. The Labute approximate surface area is 81.1 Å². The number of ether oxygens (including phenoxy) is 1. The number of halogens is 1. The molecular weight excluding hydrogens is 187 g/mol. The number of rotatable bonds is 3. The molecule has 0 aliphatic heterocycles. The van der Waals surface area contributed by atoms with E-state index < -0.39 is 12.3 Å². The van der Waals surface area contributed by atoms with Gasteiger partial charge < -0.3 is 9.84 Å². The van der Waals surface area contributed by atoms with Crippen LogP contribution in [0.1, 0.15) is 11.1 Å². The van der Waals surface area contributed by atoms with Crippen LogP contribution in [-0.2, 0) is 4.79 Å². The van der Waals surface area contributed by atoms with Crippen LogP contribution < -0.4 is 4.74 Å². The maximum Gasteiger partial charge on any atom is 0.378 e. The van der Waals surface area contributed by atoms with E-state index in [9.17, 15) is 9.18 Å². The van der Waals surface area contributed by atoms with Crippen molar-refractivity contribution in [3.8, 4) is 5.75 Å². The summed E-state index contributed by atoms with van der Waals surface area (Å²) in [6, 6.07) is 5.08. The van der Waals surface area contributed by atoms with Crippen molar-refractivity contribution in [2.75, 3.05) is 0 Å². The predicted molar refractivity (Wildman–Crippen MR) is 49.1 cm³/mol. The Morgan fingerprint density at radius 1 is 1.50 bits per heavy atom. The molecule has 0 fully saturated rings. The standard InChI is InChI=1S/C10H11FO3/c1-6-3-4-8(7(2)5-6)14-9(11)10(12)13/h3-5,9H,1-2H3,(H,12,13). The largest absolute Gasteiger partial charge is 0.476 e. The molecule has 0 spiro atoms. The van der Waals surface area contributed by atoms with Gasteiger partial charge in [0.1, 0.15) is 5.75 Å². The summed E-state index contributed by atoms with van der Waals surface area (Å²) in [4.78, 5) is 10.2. The number of aryl methyl sites for hydroxylation is 2. The Kier molecular flexibility index (Phi) is 3.06. The Bertz CT molecular complexity index is 349. The van der Waals surface area contributed by atoms with Gasteiger partial charge in [-0.05, 0) is 25.5 Å². The molecule has 1 unspecified atom stereocenters. The second-order valence-corrected chi connectivity index (χ2v) is 3.04. The minimum Gasteiger partial charge on any atom is -0.476 e. The second kappa shape index (κ2) is 4.09. The molecule has 14 heavy (non-hydrogen) atoms. The van der Waals surface area contributed by atoms with Crippen LogP contribution in [0.2, 0.25) is 0 Å². The number of hydrogen-bond donors (Lipinski definition) is 1. The summed E-state index contributed by atoms with van der Waals surface area (Å²) in [5.41, 5.74) is 1.73. The second-order valence-electron chi connectivity index (χ2n) is 3.04. The number of carboxylic acid groups (broad SMARTS) is 1. The van der Waals surface area contributed by atoms with Crippen molar-refractivity contribution in [1.82, 2.24) is 0 Å². The molecule has 0 saturated carbocycles. The fraction of sp³-hybridized carbons (Fsp3) is 0.300. The van der Waals surface area contributed by atoms with Crippen LogP contribution >= 0.6 is 0 Å². The van der Waals surface area contributed by atoms with Crippen LogP contribution in [0.4, 0.5) is 4.39 Å². The molecule has 1 rings (SSSR count). The van der Waals surface area contributed by atoms with Crippen molar-refractivity contribution in [3.05, 3.63) is 29.3 Å². The normalized spacial score (nSPS) is 12.2. The molecule has 0 saturated heterocycles. The molecule has 4 heteroatoms. The minimum atomic E-state index is -2.31. The lowest BCUT2D eigenvalue weighted by atomic mass is 10.1. The van der Waals surface area contributed by atoms with E-state index >= 15 is 0 Å². The van der Waals surface area contributed by atoms with Gasteiger partial charge >= 0.3 is 12.3 Å². The van der Waals surface area contributed by atoms with Gasteiger partial charge in [-0.15, -0.1) is 0 Å². The number of carbonyl (C=O) groups is 1. The molecule has 0 amide bonds. The topological polar surface area (TPSA) is 46.5 Å². The molecule has 0 bridgehead atoms. The van der Waals surface area contributed by atoms with E-state index in [4.69, 9.17) is 5.11 Å². The highest BCUT2D eigenvalue weighted by Gasteiger charge is 2.17. The third-order valence-electron chi connectivity index (χ3n) is 1.76. The third-order valence-corrected chi connectivity index (χ3v) is 1.76. The summed E-state index contributed by atoms with van der Waals surface area (Å²) in [7, 11) is 0. The van der Waals surface area contributed by atoms with E-state index in [-0.39, 0.29) is 5.75 Å². The van der Waals surface area contributed by atoms with Crippen LogP contribution in [0.25, 0.3) is 0 Å². The predicted octanol–water partition coefficient (Wildman–Crippen LogP) is 2.06. The molecule has 1 aromatic rings. The van der Waals surface area contributed by atoms with Crippen molar-refractivity contribution < 1.29 is 19.0 Å². The maximum atomic E-state index is 12.7.